The van der Waals surface area contributed by atoms with Crippen LogP contribution in [0.15, 0.2) is 0 Å². The summed E-state index contributed by atoms with van der Waals surface area (Å²) in [7, 11) is 0. The first-order valence-electron chi connectivity index (χ1n) is 6.37. The topological polar surface area (TPSA) is 32.3 Å². The summed E-state index contributed by atoms with van der Waals surface area (Å²) in [4.78, 5) is 14.3. The molecule has 0 spiro atoms. The highest BCUT2D eigenvalue weighted by Crippen LogP contribution is 2.24. The van der Waals surface area contributed by atoms with Crippen LogP contribution in [0, 0.1) is 5.92 Å². The maximum absolute atomic E-state index is 12.2. The first-order chi connectivity index (χ1) is 7.38. The Morgan fingerprint density at radius 1 is 1.00 bits per heavy atom. The molecule has 16 heavy (non-hydrogen) atoms. The zero-order valence-electron chi connectivity index (χ0n) is 9.91. The minimum atomic E-state index is 0. The van der Waals surface area contributed by atoms with Crippen LogP contribution >= 0.6 is 12.4 Å². The van der Waals surface area contributed by atoms with Crippen molar-refractivity contribution in [2.75, 3.05) is 26.2 Å². The van der Waals surface area contributed by atoms with Gasteiger partial charge in [-0.3, -0.25) is 4.79 Å². The number of rotatable bonds is 1. The van der Waals surface area contributed by atoms with E-state index in [9.17, 15) is 4.79 Å². The van der Waals surface area contributed by atoms with Crippen LogP contribution in [0.3, 0.4) is 0 Å². The van der Waals surface area contributed by atoms with Gasteiger partial charge in [-0.1, -0.05) is 25.7 Å². The normalized spacial score (nSPS) is 23.4. The predicted octanol–water partition coefficient (Wildman–Crippen LogP) is 1.81. The van der Waals surface area contributed by atoms with Crippen molar-refractivity contribution in [2.45, 2.75) is 38.5 Å². The van der Waals surface area contributed by atoms with Gasteiger partial charge < -0.3 is 10.2 Å². The third-order valence-corrected chi connectivity index (χ3v) is 3.63. The predicted molar refractivity (Wildman–Crippen MR) is 67.9 cm³/mol. The SMILES string of the molecule is Cl.O=C(C1CCCCCC1)N1CCNCC1. The summed E-state index contributed by atoms with van der Waals surface area (Å²) in [5.74, 6) is 0.768. The molecular formula is C12H23ClN2O. The van der Waals surface area contributed by atoms with Crippen molar-refractivity contribution in [2.24, 2.45) is 5.92 Å². The van der Waals surface area contributed by atoms with Crippen molar-refractivity contribution in [3.63, 3.8) is 0 Å². The Morgan fingerprint density at radius 3 is 2.12 bits per heavy atom. The van der Waals surface area contributed by atoms with Crippen molar-refractivity contribution >= 4 is 18.3 Å². The van der Waals surface area contributed by atoms with Crippen molar-refractivity contribution in [3.8, 4) is 0 Å². The van der Waals surface area contributed by atoms with E-state index in [2.05, 4.69) is 10.2 Å². The van der Waals surface area contributed by atoms with Gasteiger partial charge in [-0.05, 0) is 12.8 Å². The highest BCUT2D eigenvalue weighted by molar-refractivity contribution is 5.85. The summed E-state index contributed by atoms with van der Waals surface area (Å²) in [6.07, 6.45) is 7.41. The second-order valence-electron chi connectivity index (χ2n) is 4.76. The molecule has 1 saturated heterocycles. The Morgan fingerprint density at radius 2 is 1.56 bits per heavy atom. The lowest BCUT2D eigenvalue weighted by molar-refractivity contribution is -0.136. The number of carbonyl (C=O) groups is 1. The lowest BCUT2D eigenvalue weighted by Crippen LogP contribution is -2.48. The fraction of sp³-hybridized carbons (Fsp3) is 0.917. The van der Waals surface area contributed by atoms with E-state index in [0.717, 1.165) is 39.0 Å². The molecule has 0 bridgehead atoms. The number of nitrogens with one attached hydrogen (secondary N) is 1. The molecule has 0 aromatic rings. The summed E-state index contributed by atoms with van der Waals surface area (Å²) in [5, 5.41) is 3.29. The molecule has 1 N–H and O–H groups in total. The quantitative estimate of drug-likeness (QED) is 0.716. The fourth-order valence-corrected chi connectivity index (χ4v) is 2.67. The molecule has 1 amide bonds. The van der Waals surface area contributed by atoms with E-state index in [1.165, 1.54) is 25.7 Å². The van der Waals surface area contributed by atoms with Crippen LogP contribution in [-0.4, -0.2) is 37.0 Å². The monoisotopic (exact) mass is 246 g/mol. The van der Waals surface area contributed by atoms with Gasteiger partial charge in [0.15, 0.2) is 0 Å². The molecule has 3 nitrogen and oxygen atoms in total. The van der Waals surface area contributed by atoms with Crippen molar-refractivity contribution in [3.05, 3.63) is 0 Å². The summed E-state index contributed by atoms with van der Waals surface area (Å²) < 4.78 is 0. The Bertz CT molecular complexity index is 209. The lowest BCUT2D eigenvalue weighted by atomic mass is 9.98. The molecule has 2 rings (SSSR count). The van der Waals surface area contributed by atoms with E-state index in [4.69, 9.17) is 0 Å². The van der Waals surface area contributed by atoms with Crippen molar-refractivity contribution < 1.29 is 4.79 Å². The Labute approximate surface area is 104 Å². The standard InChI is InChI=1S/C12H22N2O.ClH/c15-12(14-9-7-13-8-10-14)11-5-3-1-2-4-6-11;/h11,13H,1-10H2;1H. The molecule has 0 atom stereocenters. The van der Waals surface area contributed by atoms with Gasteiger partial charge >= 0.3 is 0 Å². The fourth-order valence-electron chi connectivity index (χ4n) is 2.67. The van der Waals surface area contributed by atoms with Crippen LogP contribution < -0.4 is 5.32 Å². The number of carbonyl (C=O) groups excluding carboxylic acids is 1. The second kappa shape index (κ2) is 7.13. The molecular weight excluding hydrogens is 224 g/mol. The van der Waals surface area contributed by atoms with Crippen LogP contribution in [-0.2, 0) is 4.79 Å². The average Bonchev–Trinajstić information content (AvgIpc) is 2.58. The number of amides is 1. The molecule has 0 aromatic heterocycles. The van der Waals surface area contributed by atoms with Gasteiger partial charge in [0.2, 0.25) is 5.91 Å². The Hall–Kier alpha value is -0.280. The molecule has 94 valence electrons. The third kappa shape index (κ3) is 3.63. The Balaban J connectivity index is 0.00000128. The number of hydrogen-bond acceptors (Lipinski definition) is 2. The molecule has 0 radical (unpaired) electrons. The third-order valence-electron chi connectivity index (χ3n) is 3.63. The van der Waals surface area contributed by atoms with Gasteiger partial charge in [0.1, 0.15) is 0 Å². The van der Waals surface area contributed by atoms with Gasteiger partial charge in [-0.2, -0.15) is 0 Å². The van der Waals surface area contributed by atoms with E-state index >= 15 is 0 Å². The van der Waals surface area contributed by atoms with E-state index in [1.807, 2.05) is 0 Å². The van der Waals surface area contributed by atoms with E-state index in [0.29, 0.717) is 11.8 Å². The van der Waals surface area contributed by atoms with Crippen LogP contribution in [0.4, 0.5) is 0 Å². The first kappa shape index (κ1) is 13.8. The largest absolute Gasteiger partial charge is 0.340 e. The van der Waals surface area contributed by atoms with Gasteiger partial charge in [0.05, 0.1) is 0 Å². The maximum Gasteiger partial charge on any atom is 0.225 e. The number of halogens is 1. The lowest BCUT2D eigenvalue weighted by Gasteiger charge is -2.30. The highest BCUT2D eigenvalue weighted by Gasteiger charge is 2.25. The van der Waals surface area contributed by atoms with E-state index in [1.54, 1.807) is 0 Å². The first-order valence-corrected chi connectivity index (χ1v) is 6.37. The summed E-state index contributed by atoms with van der Waals surface area (Å²) in [6.45, 7) is 3.77. The minimum absolute atomic E-state index is 0. The smallest absolute Gasteiger partial charge is 0.225 e. The molecule has 1 saturated carbocycles. The molecule has 2 fully saturated rings. The number of piperazine rings is 1. The molecule has 4 heteroatoms. The van der Waals surface area contributed by atoms with Gasteiger partial charge in [0, 0.05) is 32.1 Å². The van der Waals surface area contributed by atoms with Crippen molar-refractivity contribution in [1.29, 1.82) is 0 Å². The zero-order chi connectivity index (χ0) is 10.5. The molecule has 1 aliphatic heterocycles. The van der Waals surface area contributed by atoms with Crippen LogP contribution in [0.25, 0.3) is 0 Å². The van der Waals surface area contributed by atoms with Gasteiger partial charge in [-0.15, -0.1) is 12.4 Å². The summed E-state index contributed by atoms with van der Waals surface area (Å²) >= 11 is 0. The summed E-state index contributed by atoms with van der Waals surface area (Å²) in [6, 6.07) is 0. The van der Waals surface area contributed by atoms with Crippen molar-refractivity contribution in [1.82, 2.24) is 10.2 Å². The zero-order valence-corrected chi connectivity index (χ0v) is 10.7. The average molecular weight is 247 g/mol. The molecule has 0 aromatic carbocycles. The minimum Gasteiger partial charge on any atom is -0.340 e. The Kier molecular flexibility index (Phi) is 6.14. The van der Waals surface area contributed by atoms with E-state index < -0.39 is 0 Å². The van der Waals surface area contributed by atoms with Crippen LogP contribution in [0.1, 0.15) is 38.5 Å². The van der Waals surface area contributed by atoms with Gasteiger partial charge in [0.25, 0.3) is 0 Å². The van der Waals surface area contributed by atoms with E-state index in [-0.39, 0.29) is 12.4 Å². The number of nitrogens with zero attached hydrogens (tertiary/aromatic N) is 1. The molecule has 0 unspecified atom stereocenters. The number of hydrogen-bond donors (Lipinski definition) is 1. The highest BCUT2D eigenvalue weighted by atomic mass is 35.5. The van der Waals surface area contributed by atoms with Crippen LogP contribution in [0.5, 0.6) is 0 Å². The maximum atomic E-state index is 12.2. The van der Waals surface area contributed by atoms with Crippen LogP contribution in [0.2, 0.25) is 0 Å². The second-order valence-corrected chi connectivity index (χ2v) is 4.76. The van der Waals surface area contributed by atoms with Gasteiger partial charge in [-0.25, -0.2) is 0 Å². The summed E-state index contributed by atoms with van der Waals surface area (Å²) in [5.41, 5.74) is 0. The molecule has 1 aliphatic carbocycles. The molecule has 2 aliphatic rings. The molecule has 1 heterocycles.